The fraction of sp³-hybridized carbons (Fsp3) is 0.786. The van der Waals surface area contributed by atoms with Crippen LogP contribution in [0.2, 0.25) is 0 Å². The lowest BCUT2D eigenvalue weighted by Gasteiger charge is -2.19. The van der Waals surface area contributed by atoms with Gasteiger partial charge in [-0.05, 0) is 12.8 Å². The molecule has 3 heteroatoms. The Hall–Kier alpha value is -0.830. The third kappa shape index (κ3) is 3.56. The van der Waals surface area contributed by atoms with Crippen LogP contribution in [0.25, 0.3) is 0 Å². The van der Waals surface area contributed by atoms with E-state index in [2.05, 4.69) is 28.7 Å². The van der Waals surface area contributed by atoms with Gasteiger partial charge in [-0.3, -0.25) is 0 Å². The van der Waals surface area contributed by atoms with Crippen LogP contribution in [0.3, 0.4) is 0 Å². The van der Waals surface area contributed by atoms with Crippen LogP contribution in [0.1, 0.15) is 64.1 Å². The average molecular weight is 235 g/mol. The van der Waals surface area contributed by atoms with Gasteiger partial charge in [0.05, 0.1) is 12.0 Å². The van der Waals surface area contributed by atoms with Gasteiger partial charge in [0.2, 0.25) is 0 Å². The SMILES string of the molecule is CC(C)NCc1cncn1C1CCCCCC1. The molecule has 1 heterocycles. The van der Waals surface area contributed by atoms with E-state index in [1.54, 1.807) is 0 Å². The number of rotatable bonds is 4. The van der Waals surface area contributed by atoms with Crippen LogP contribution in [-0.2, 0) is 6.54 Å². The van der Waals surface area contributed by atoms with Gasteiger partial charge >= 0.3 is 0 Å². The van der Waals surface area contributed by atoms with E-state index >= 15 is 0 Å². The molecule has 0 aromatic carbocycles. The summed E-state index contributed by atoms with van der Waals surface area (Å²) < 4.78 is 2.40. The maximum Gasteiger partial charge on any atom is 0.0951 e. The average Bonchev–Trinajstić information content (AvgIpc) is 2.60. The number of aromatic nitrogens is 2. The van der Waals surface area contributed by atoms with E-state index in [9.17, 15) is 0 Å². The number of imidazole rings is 1. The van der Waals surface area contributed by atoms with E-state index in [1.807, 2.05) is 12.5 Å². The van der Waals surface area contributed by atoms with Crippen LogP contribution in [0.4, 0.5) is 0 Å². The van der Waals surface area contributed by atoms with Crippen molar-refractivity contribution in [3.05, 3.63) is 18.2 Å². The second-order valence-corrected chi connectivity index (χ2v) is 5.47. The highest BCUT2D eigenvalue weighted by molar-refractivity contribution is 5.00. The molecule has 1 aromatic rings. The molecular weight excluding hydrogens is 210 g/mol. The van der Waals surface area contributed by atoms with Crippen molar-refractivity contribution in [1.29, 1.82) is 0 Å². The molecule has 96 valence electrons. The summed E-state index contributed by atoms with van der Waals surface area (Å²) >= 11 is 0. The highest BCUT2D eigenvalue weighted by Crippen LogP contribution is 2.27. The zero-order valence-corrected chi connectivity index (χ0v) is 11.2. The van der Waals surface area contributed by atoms with Crippen LogP contribution >= 0.6 is 0 Å². The van der Waals surface area contributed by atoms with E-state index in [0.717, 1.165) is 6.54 Å². The van der Waals surface area contributed by atoms with Crippen molar-refractivity contribution in [2.24, 2.45) is 0 Å². The van der Waals surface area contributed by atoms with E-state index in [4.69, 9.17) is 0 Å². The molecular formula is C14H25N3. The van der Waals surface area contributed by atoms with E-state index in [0.29, 0.717) is 12.1 Å². The zero-order chi connectivity index (χ0) is 12.1. The highest BCUT2D eigenvalue weighted by Gasteiger charge is 2.16. The Morgan fingerprint density at radius 1 is 1.29 bits per heavy atom. The molecule has 1 aliphatic rings. The molecule has 0 atom stereocenters. The number of hydrogen-bond donors (Lipinski definition) is 1. The molecule has 1 aliphatic carbocycles. The Morgan fingerprint density at radius 2 is 2.00 bits per heavy atom. The van der Waals surface area contributed by atoms with Crippen molar-refractivity contribution in [3.63, 3.8) is 0 Å². The van der Waals surface area contributed by atoms with Gasteiger partial charge in [0, 0.05) is 24.8 Å². The first-order chi connectivity index (χ1) is 8.27. The molecule has 0 saturated heterocycles. The van der Waals surface area contributed by atoms with Crippen LogP contribution in [0.5, 0.6) is 0 Å². The molecule has 3 nitrogen and oxygen atoms in total. The Morgan fingerprint density at radius 3 is 2.65 bits per heavy atom. The second-order valence-electron chi connectivity index (χ2n) is 5.47. The van der Waals surface area contributed by atoms with Crippen LogP contribution in [0, 0.1) is 0 Å². The van der Waals surface area contributed by atoms with Gasteiger partial charge in [-0.2, -0.15) is 0 Å². The van der Waals surface area contributed by atoms with Gasteiger partial charge in [0.15, 0.2) is 0 Å². The normalized spacial score (nSPS) is 18.5. The molecule has 0 spiro atoms. The van der Waals surface area contributed by atoms with E-state index in [-0.39, 0.29) is 0 Å². The molecule has 0 amide bonds. The molecule has 1 fully saturated rings. The maximum atomic E-state index is 4.33. The zero-order valence-electron chi connectivity index (χ0n) is 11.2. The van der Waals surface area contributed by atoms with Gasteiger partial charge < -0.3 is 9.88 Å². The summed E-state index contributed by atoms with van der Waals surface area (Å²) in [6.07, 6.45) is 12.2. The molecule has 0 aliphatic heterocycles. The third-order valence-corrected chi connectivity index (χ3v) is 3.66. The topological polar surface area (TPSA) is 29.9 Å². The summed E-state index contributed by atoms with van der Waals surface area (Å²) in [4.78, 5) is 4.33. The van der Waals surface area contributed by atoms with Gasteiger partial charge in [-0.15, -0.1) is 0 Å². The van der Waals surface area contributed by atoms with Crippen molar-refractivity contribution < 1.29 is 0 Å². The molecule has 0 unspecified atom stereocenters. The largest absolute Gasteiger partial charge is 0.330 e. The minimum atomic E-state index is 0.535. The summed E-state index contributed by atoms with van der Waals surface area (Å²) in [5, 5.41) is 3.48. The Balaban J connectivity index is 2.01. The lowest BCUT2D eigenvalue weighted by atomic mass is 10.1. The van der Waals surface area contributed by atoms with Gasteiger partial charge in [-0.25, -0.2) is 4.98 Å². The van der Waals surface area contributed by atoms with Gasteiger partial charge in [-0.1, -0.05) is 39.5 Å². The molecule has 1 aromatic heterocycles. The summed E-state index contributed by atoms with van der Waals surface area (Å²) in [5.74, 6) is 0. The van der Waals surface area contributed by atoms with Gasteiger partial charge in [0.1, 0.15) is 0 Å². The molecule has 1 saturated carbocycles. The minimum absolute atomic E-state index is 0.535. The highest BCUT2D eigenvalue weighted by atomic mass is 15.1. The minimum Gasteiger partial charge on any atom is -0.330 e. The Kier molecular flexibility index (Phi) is 4.60. The van der Waals surface area contributed by atoms with Crippen molar-refractivity contribution in [1.82, 2.24) is 14.9 Å². The van der Waals surface area contributed by atoms with Crippen LogP contribution in [-0.4, -0.2) is 15.6 Å². The monoisotopic (exact) mass is 235 g/mol. The van der Waals surface area contributed by atoms with Crippen molar-refractivity contribution >= 4 is 0 Å². The molecule has 0 radical (unpaired) electrons. The number of nitrogens with zero attached hydrogens (tertiary/aromatic N) is 2. The quantitative estimate of drug-likeness (QED) is 0.812. The predicted molar refractivity (Wildman–Crippen MR) is 70.9 cm³/mol. The van der Waals surface area contributed by atoms with E-state index < -0.39 is 0 Å². The summed E-state index contributed by atoms with van der Waals surface area (Å²) in [6, 6.07) is 1.22. The molecule has 17 heavy (non-hydrogen) atoms. The lowest BCUT2D eigenvalue weighted by molar-refractivity contribution is 0.423. The number of nitrogens with one attached hydrogen (secondary N) is 1. The Labute approximate surface area is 105 Å². The van der Waals surface area contributed by atoms with Crippen LogP contribution in [0.15, 0.2) is 12.5 Å². The number of hydrogen-bond acceptors (Lipinski definition) is 2. The summed E-state index contributed by atoms with van der Waals surface area (Å²) in [5.41, 5.74) is 1.34. The molecule has 2 rings (SSSR count). The summed E-state index contributed by atoms with van der Waals surface area (Å²) in [7, 11) is 0. The fourth-order valence-electron chi connectivity index (χ4n) is 2.64. The Bertz CT molecular complexity index is 322. The first-order valence-electron chi connectivity index (χ1n) is 7.01. The van der Waals surface area contributed by atoms with Gasteiger partial charge in [0.25, 0.3) is 0 Å². The molecule has 1 N–H and O–H groups in total. The first-order valence-corrected chi connectivity index (χ1v) is 7.01. The smallest absolute Gasteiger partial charge is 0.0951 e. The first kappa shape index (κ1) is 12.6. The second kappa shape index (κ2) is 6.20. The maximum absolute atomic E-state index is 4.33. The van der Waals surface area contributed by atoms with Crippen LogP contribution < -0.4 is 5.32 Å². The lowest BCUT2D eigenvalue weighted by Crippen LogP contribution is -2.24. The van der Waals surface area contributed by atoms with Crippen molar-refractivity contribution in [3.8, 4) is 0 Å². The van der Waals surface area contributed by atoms with E-state index in [1.165, 1.54) is 44.2 Å². The molecule has 0 bridgehead atoms. The van der Waals surface area contributed by atoms with Crippen molar-refractivity contribution in [2.75, 3.05) is 0 Å². The fourth-order valence-corrected chi connectivity index (χ4v) is 2.64. The standard InChI is InChI=1S/C14H25N3/c1-12(2)16-10-14-9-15-11-17(14)13-7-5-3-4-6-8-13/h9,11-13,16H,3-8,10H2,1-2H3. The summed E-state index contributed by atoms with van der Waals surface area (Å²) in [6.45, 7) is 5.31. The van der Waals surface area contributed by atoms with Crippen molar-refractivity contribution in [2.45, 2.75) is 71.0 Å². The predicted octanol–water partition coefficient (Wildman–Crippen LogP) is 3.28. The third-order valence-electron chi connectivity index (χ3n) is 3.66.